The number of aliphatic carboxylic acids is 1. The molecule has 0 bridgehead atoms. The van der Waals surface area contributed by atoms with Gasteiger partial charge in [0.2, 0.25) is 0 Å². The first-order valence-electron chi connectivity index (χ1n) is 9.14. The molecule has 0 aromatic carbocycles. The number of rotatable bonds is 13. The van der Waals surface area contributed by atoms with E-state index in [0.717, 1.165) is 18.8 Å². The molecule has 21 heavy (non-hydrogen) atoms. The number of hydrogen-bond donors (Lipinski definition) is 1. The number of fused-ring (bicyclic) bond motifs is 1. The zero-order chi connectivity index (χ0) is 14.9. The van der Waals surface area contributed by atoms with Crippen LogP contribution in [-0.4, -0.2) is 23.3 Å². The molecule has 2 fully saturated rings. The summed E-state index contributed by atoms with van der Waals surface area (Å²) in [6, 6.07) is 0. The van der Waals surface area contributed by atoms with E-state index in [-0.39, 0.29) is 0 Å². The molecule has 2 aliphatic rings. The summed E-state index contributed by atoms with van der Waals surface area (Å²) in [6.45, 7) is 0. The second-order valence-electron chi connectivity index (χ2n) is 6.94. The number of ether oxygens (including phenoxy) is 1. The van der Waals surface area contributed by atoms with Gasteiger partial charge in [-0.3, -0.25) is 4.79 Å². The molecule has 1 heterocycles. The van der Waals surface area contributed by atoms with Crippen molar-refractivity contribution in [1.29, 1.82) is 0 Å². The highest BCUT2D eigenvalue weighted by molar-refractivity contribution is 5.66. The van der Waals surface area contributed by atoms with Gasteiger partial charge >= 0.3 is 5.97 Å². The third-order valence-corrected chi connectivity index (χ3v) is 5.12. The van der Waals surface area contributed by atoms with Gasteiger partial charge in [-0.25, -0.2) is 0 Å². The highest BCUT2D eigenvalue weighted by Crippen LogP contribution is 2.45. The van der Waals surface area contributed by atoms with Crippen LogP contribution in [0.1, 0.15) is 89.9 Å². The number of unbranched alkanes of at least 4 members (excludes halogenated alkanes) is 9. The van der Waals surface area contributed by atoms with Crippen LogP contribution in [0.4, 0.5) is 0 Å². The minimum atomic E-state index is -0.656. The van der Waals surface area contributed by atoms with Gasteiger partial charge in [0.1, 0.15) is 0 Å². The maximum Gasteiger partial charge on any atom is 0.303 e. The molecule has 0 aromatic rings. The number of epoxide rings is 1. The van der Waals surface area contributed by atoms with Crippen LogP contribution >= 0.6 is 0 Å². The smallest absolute Gasteiger partial charge is 0.303 e. The Hall–Kier alpha value is -0.570. The van der Waals surface area contributed by atoms with Crippen LogP contribution in [0.2, 0.25) is 0 Å². The lowest BCUT2D eigenvalue weighted by molar-refractivity contribution is -0.137. The number of carbonyl (C=O) groups is 1. The van der Waals surface area contributed by atoms with E-state index in [4.69, 9.17) is 9.84 Å². The van der Waals surface area contributed by atoms with E-state index in [1.807, 2.05) is 0 Å². The summed E-state index contributed by atoms with van der Waals surface area (Å²) in [5.41, 5.74) is 0. The molecule has 1 N–H and O–H groups in total. The SMILES string of the molecule is O=C(O)CCCCCCCCCCCC[C@@H]1CC[C@@H]2O[C@@H]12. The summed E-state index contributed by atoms with van der Waals surface area (Å²) in [7, 11) is 0. The molecule has 3 heteroatoms. The molecule has 1 aliphatic heterocycles. The molecule has 0 aromatic heterocycles. The molecule has 3 atom stereocenters. The molecule has 1 saturated heterocycles. The normalized spacial score (nSPS) is 26.8. The first kappa shape index (κ1) is 16.8. The summed E-state index contributed by atoms with van der Waals surface area (Å²) in [4.78, 5) is 10.4. The number of hydrogen-bond acceptors (Lipinski definition) is 2. The van der Waals surface area contributed by atoms with E-state index in [9.17, 15) is 4.79 Å². The minimum absolute atomic E-state index is 0.341. The second-order valence-corrected chi connectivity index (χ2v) is 6.94. The summed E-state index contributed by atoms with van der Waals surface area (Å²) >= 11 is 0. The fourth-order valence-corrected chi connectivity index (χ4v) is 3.75. The number of carboxylic acid groups (broad SMARTS) is 1. The maximum absolute atomic E-state index is 10.4. The van der Waals surface area contributed by atoms with Crippen molar-refractivity contribution in [3.63, 3.8) is 0 Å². The second kappa shape index (κ2) is 9.45. The largest absolute Gasteiger partial charge is 0.481 e. The van der Waals surface area contributed by atoms with Gasteiger partial charge in [-0.2, -0.15) is 0 Å². The van der Waals surface area contributed by atoms with E-state index in [1.54, 1.807) is 0 Å². The average Bonchev–Trinajstić information content (AvgIpc) is 3.14. The summed E-state index contributed by atoms with van der Waals surface area (Å²) in [5, 5.41) is 8.54. The third kappa shape index (κ3) is 6.82. The molecule has 1 aliphatic carbocycles. The molecular formula is C18H32O3. The van der Waals surface area contributed by atoms with E-state index in [0.29, 0.717) is 18.6 Å². The first-order chi connectivity index (χ1) is 10.3. The van der Waals surface area contributed by atoms with E-state index >= 15 is 0 Å². The van der Waals surface area contributed by atoms with Crippen molar-refractivity contribution in [3.8, 4) is 0 Å². The van der Waals surface area contributed by atoms with Gasteiger partial charge in [-0.1, -0.05) is 57.8 Å². The molecule has 0 unspecified atom stereocenters. The van der Waals surface area contributed by atoms with Crippen molar-refractivity contribution in [1.82, 2.24) is 0 Å². The Morgan fingerprint density at radius 2 is 1.43 bits per heavy atom. The van der Waals surface area contributed by atoms with Crippen LogP contribution in [0.5, 0.6) is 0 Å². The van der Waals surface area contributed by atoms with Gasteiger partial charge in [0.05, 0.1) is 12.2 Å². The third-order valence-electron chi connectivity index (χ3n) is 5.12. The summed E-state index contributed by atoms with van der Waals surface area (Å²) in [6.07, 6.45) is 18.4. The Bertz CT molecular complexity index is 303. The fourth-order valence-electron chi connectivity index (χ4n) is 3.75. The van der Waals surface area contributed by atoms with E-state index in [2.05, 4.69) is 0 Å². The lowest BCUT2D eigenvalue weighted by atomic mass is 9.98. The maximum atomic E-state index is 10.4. The molecule has 0 amide bonds. The van der Waals surface area contributed by atoms with Gasteiger partial charge < -0.3 is 9.84 Å². The zero-order valence-corrected chi connectivity index (χ0v) is 13.4. The Kier molecular flexibility index (Phi) is 7.56. The first-order valence-corrected chi connectivity index (χ1v) is 9.14. The van der Waals surface area contributed by atoms with Crippen LogP contribution < -0.4 is 0 Å². The quantitative estimate of drug-likeness (QED) is 0.387. The van der Waals surface area contributed by atoms with Crippen LogP contribution in [0.3, 0.4) is 0 Å². The highest BCUT2D eigenvalue weighted by atomic mass is 16.6. The molecule has 0 radical (unpaired) electrons. The van der Waals surface area contributed by atoms with Crippen molar-refractivity contribution < 1.29 is 14.6 Å². The Balaban J connectivity index is 1.26. The minimum Gasteiger partial charge on any atom is -0.481 e. The number of carboxylic acids is 1. The van der Waals surface area contributed by atoms with Crippen molar-refractivity contribution in [2.75, 3.05) is 0 Å². The zero-order valence-electron chi connectivity index (χ0n) is 13.4. The van der Waals surface area contributed by atoms with Gasteiger partial charge in [-0.15, -0.1) is 0 Å². The molecule has 2 rings (SSSR count). The molecule has 0 spiro atoms. The Morgan fingerprint density at radius 1 is 0.857 bits per heavy atom. The molecular weight excluding hydrogens is 264 g/mol. The van der Waals surface area contributed by atoms with Crippen LogP contribution in [0, 0.1) is 5.92 Å². The predicted molar refractivity (Wildman–Crippen MR) is 84.4 cm³/mol. The van der Waals surface area contributed by atoms with Crippen LogP contribution in [0.15, 0.2) is 0 Å². The highest BCUT2D eigenvalue weighted by Gasteiger charge is 2.49. The van der Waals surface area contributed by atoms with Crippen molar-refractivity contribution in [3.05, 3.63) is 0 Å². The summed E-state index contributed by atoms with van der Waals surface area (Å²) in [5.74, 6) is 0.233. The van der Waals surface area contributed by atoms with Crippen molar-refractivity contribution in [2.24, 2.45) is 5.92 Å². The monoisotopic (exact) mass is 296 g/mol. The average molecular weight is 296 g/mol. The van der Waals surface area contributed by atoms with Gasteiger partial charge in [-0.05, 0) is 31.6 Å². The Labute approximate surface area is 129 Å². The Morgan fingerprint density at radius 3 is 1.90 bits per heavy atom. The van der Waals surface area contributed by atoms with Gasteiger partial charge in [0.15, 0.2) is 0 Å². The fraction of sp³-hybridized carbons (Fsp3) is 0.944. The van der Waals surface area contributed by atoms with Gasteiger partial charge in [0, 0.05) is 6.42 Å². The standard InChI is InChI=1S/C18H32O3/c19-17(20)12-10-8-6-4-2-1-3-5-7-9-11-15-13-14-16-18(15)21-16/h15-16,18H,1-14H2,(H,19,20)/t15-,16+,18+/m1/s1. The van der Waals surface area contributed by atoms with Gasteiger partial charge in [0.25, 0.3) is 0 Å². The molecule has 122 valence electrons. The lowest BCUT2D eigenvalue weighted by Crippen LogP contribution is -2.03. The van der Waals surface area contributed by atoms with E-state index in [1.165, 1.54) is 70.6 Å². The van der Waals surface area contributed by atoms with Crippen LogP contribution in [-0.2, 0) is 9.53 Å². The van der Waals surface area contributed by atoms with Crippen molar-refractivity contribution >= 4 is 5.97 Å². The van der Waals surface area contributed by atoms with E-state index < -0.39 is 5.97 Å². The molecule has 3 nitrogen and oxygen atoms in total. The predicted octanol–water partition coefficient (Wildman–Crippen LogP) is 4.93. The lowest BCUT2D eigenvalue weighted by Gasteiger charge is -2.09. The molecule has 1 saturated carbocycles. The summed E-state index contributed by atoms with van der Waals surface area (Å²) < 4.78 is 5.60. The van der Waals surface area contributed by atoms with Crippen LogP contribution in [0.25, 0.3) is 0 Å². The topological polar surface area (TPSA) is 49.8 Å². The van der Waals surface area contributed by atoms with Crippen molar-refractivity contribution in [2.45, 2.75) is 102 Å².